The van der Waals surface area contributed by atoms with Crippen molar-refractivity contribution < 1.29 is 19.2 Å². The molecule has 178 valence electrons. The molecule has 1 heterocycles. The van der Waals surface area contributed by atoms with Crippen LogP contribution >= 0.6 is 11.6 Å². The molecule has 10 heteroatoms. The van der Waals surface area contributed by atoms with Crippen molar-refractivity contribution in [2.75, 3.05) is 5.32 Å². The Balaban J connectivity index is 1.48. The van der Waals surface area contributed by atoms with E-state index in [-0.39, 0.29) is 29.5 Å². The summed E-state index contributed by atoms with van der Waals surface area (Å²) in [6.07, 6.45) is 1.59. The third kappa shape index (κ3) is 6.15. The topological polar surface area (TPSA) is 109 Å². The third-order valence-corrected chi connectivity index (χ3v) is 5.20. The maximum Gasteiger partial charge on any atom is 0.276 e. The van der Waals surface area contributed by atoms with Gasteiger partial charge in [-0.25, -0.2) is 4.68 Å². The lowest BCUT2D eigenvalue weighted by Gasteiger charge is -2.11. The molecule has 1 N–H and O–H groups in total. The van der Waals surface area contributed by atoms with Crippen LogP contribution in [0.2, 0.25) is 5.02 Å². The SMILES string of the molecule is Cc1ccc(C)c(Oc2cc(NC(=O)c3ccn(COc4cccc(Cl)c4)n3)cc([N+](=O)[O-])c2)c1. The predicted octanol–water partition coefficient (Wildman–Crippen LogP) is 6.14. The van der Waals surface area contributed by atoms with Crippen LogP contribution in [0.25, 0.3) is 0 Å². The molecular formula is C25H21ClN4O5. The summed E-state index contributed by atoms with van der Waals surface area (Å²) in [5.41, 5.74) is 1.96. The Bertz CT molecular complexity index is 1400. The van der Waals surface area contributed by atoms with Crippen LogP contribution < -0.4 is 14.8 Å². The minimum atomic E-state index is -0.548. The van der Waals surface area contributed by atoms with Gasteiger partial charge in [0, 0.05) is 23.4 Å². The number of aryl methyl sites for hydroxylation is 2. The van der Waals surface area contributed by atoms with Gasteiger partial charge in [0.15, 0.2) is 12.4 Å². The Hall–Kier alpha value is -4.37. The van der Waals surface area contributed by atoms with Crippen molar-refractivity contribution in [2.24, 2.45) is 0 Å². The molecule has 0 spiro atoms. The van der Waals surface area contributed by atoms with Crippen molar-refractivity contribution in [1.82, 2.24) is 9.78 Å². The van der Waals surface area contributed by atoms with Crippen LogP contribution in [0.5, 0.6) is 17.2 Å². The number of hydrogen-bond acceptors (Lipinski definition) is 6. The number of nitro groups is 1. The van der Waals surface area contributed by atoms with E-state index in [9.17, 15) is 14.9 Å². The maximum absolute atomic E-state index is 12.7. The number of aromatic nitrogens is 2. The summed E-state index contributed by atoms with van der Waals surface area (Å²) in [6, 6.07) is 18.2. The fraction of sp³-hybridized carbons (Fsp3) is 0.120. The molecule has 0 saturated heterocycles. The van der Waals surface area contributed by atoms with Gasteiger partial charge >= 0.3 is 0 Å². The van der Waals surface area contributed by atoms with Gasteiger partial charge in [0.05, 0.1) is 16.7 Å². The van der Waals surface area contributed by atoms with Gasteiger partial charge in [0.25, 0.3) is 11.6 Å². The number of halogens is 1. The van der Waals surface area contributed by atoms with Gasteiger partial charge in [0.1, 0.15) is 17.2 Å². The highest BCUT2D eigenvalue weighted by Crippen LogP contribution is 2.32. The highest BCUT2D eigenvalue weighted by Gasteiger charge is 2.16. The lowest BCUT2D eigenvalue weighted by molar-refractivity contribution is -0.384. The fourth-order valence-corrected chi connectivity index (χ4v) is 3.39. The van der Waals surface area contributed by atoms with Crippen molar-refractivity contribution in [3.8, 4) is 17.2 Å². The van der Waals surface area contributed by atoms with Gasteiger partial charge in [-0.15, -0.1) is 0 Å². The van der Waals surface area contributed by atoms with E-state index < -0.39 is 10.8 Å². The lowest BCUT2D eigenvalue weighted by atomic mass is 10.1. The van der Waals surface area contributed by atoms with Crippen LogP contribution in [0.1, 0.15) is 21.6 Å². The number of anilines is 1. The van der Waals surface area contributed by atoms with E-state index in [1.54, 1.807) is 30.5 Å². The summed E-state index contributed by atoms with van der Waals surface area (Å²) in [5.74, 6) is 0.821. The van der Waals surface area contributed by atoms with Gasteiger partial charge in [-0.3, -0.25) is 14.9 Å². The number of non-ortho nitro benzene ring substituents is 1. The van der Waals surface area contributed by atoms with Crippen LogP contribution in [0.15, 0.2) is 72.9 Å². The summed E-state index contributed by atoms with van der Waals surface area (Å²) in [4.78, 5) is 23.6. The third-order valence-electron chi connectivity index (χ3n) is 4.96. The molecule has 0 atom stereocenters. The van der Waals surface area contributed by atoms with Crippen LogP contribution in [-0.4, -0.2) is 20.6 Å². The van der Waals surface area contributed by atoms with Crippen LogP contribution in [0.3, 0.4) is 0 Å². The predicted molar refractivity (Wildman–Crippen MR) is 131 cm³/mol. The van der Waals surface area contributed by atoms with Gasteiger partial charge in [0.2, 0.25) is 0 Å². The van der Waals surface area contributed by atoms with E-state index in [1.165, 1.54) is 28.9 Å². The average Bonchev–Trinajstić information content (AvgIpc) is 3.29. The van der Waals surface area contributed by atoms with E-state index in [2.05, 4.69) is 10.4 Å². The quantitative estimate of drug-likeness (QED) is 0.233. The highest BCUT2D eigenvalue weighted by atomic mass is 35.5. The molecule has 0 saturated carbocycles. The van der Waals surface area contributed by atoms with Crippen LogP contribution in [-0.2, 0) is 6.73 Å². The van der Waals surface area contributed by atoms with Crippen molar-refractivity contribution in [1.29, 1.82) is 0 Å². The first-order chi connectivity index (χ1) is 16.8. The monoisotopic (exact) mass is 492 g/mol. The summed E-state index contributed by atoms with van der Waals surface area (Å²) in [6.45, 7) is 3.87. The number of nitro benzene ring substituents is 1. The molecule has 4 rings (SSSR count). The number of carbonyl (C=O) groups excluding carboxylic acids is 1. The molecule has 1 amide bonds. The molecule has 0 aliphatic carbocycles. The molecule has 0 aliphatic rings. The van der Waals surface area contributed by atoms with E-state index >= 15 is 0 Å². The van der Waals surface area contributed by atoms with Gasteiger partial charge < -0.3 is 14.8 Å². The van der Waals surface area contributed by atoms with Crippen molar-refractivity contribution in [3.05, 3.63) is 105 Å². The Morgan fingerprint density at radius 3 is 2.69 bits per heavy atom. The van der Waals surface area contributed by atoms with E-state index in [4.69, 9.17) is 21.1 Å². The number of ether oxygens (including phenoxy) is 2. The number of carbonyl (C=O) groups is 1. The molecule has 0 bridgehead atoms. The normalized spacial score (nSPS) is 10.6. The second-order valence-corrected chi connectivity index (χ2v) is 8.21. The zero-order valence-electron chi connectivity index (χ0n) is 18.9. The first-order valence-corrected chi connectivity index (χ1v) is 10.9. The smallest absolute Gasteiger partial charge is 0.276 e. The second kappa shape index (κ2) is 10.3. The summed E-state index contributed by atoms with van der Waals surface area (Å²) in [7, 11) is 0. The highest BCUT2D eigenvalue weighted by molar-refractivity contribution is 6.30. The lowest BCUT2D eigenvalue weighted by Crippen LogP contribution is -2.14. The molecule has 35 heavy (non-hydrogen) atoms. The van der Waals surface area contributed by atoms with Gasteiger partial charge in [-0.05, 0) is 55.3 Å². The standard InChI is InChI=1S/C25H21ClN4O5/c1-16-6-7-17(2)24(10-16)35-22-13-19(12-20(14-22)30(32)33)27-25(31)23-8-9-29(28-23)15-34-21-5-3-4-18(26)11-21/h3-14H,15H2,1-2H3,(H,27,31). The summed E-state index contributed by atoms with van der Waals surface area (Å²) < 4.78 is 12.9. The maximum atomic E-state index is 12.7. The molecule has 0 radical (unpaired) electrons. The fourth-order valence-electron chi connectivity index (χ4n) is 3.21. The van der Waals surface area contributed by atoms with Gasteiger partial charge in [-0.2, -0.15) is 5.10 Å². The number of rotatable bonds is 8. The van der Waals surface area contributed by atoms with E-state index in [0.29, 0.717) is 16.5 Å². The molecule has 0 unspecified atom stereocenters. The molecule has 1 aromatic heterocycles. The molecule has 4 aromatic rings. The molecule has 9 nitrogen and oxygen atoms in total. The number of nitrogens with one attached hydrogen (secondary N) is 1. The Kier molecular flexibility index (Phi) is 6.98. The molecule has 3 aromatic carbocycles. The summed E-state index contributed by atoms with van der Waals surface area (Å²) in [5, 5.41) is 18.8. The Labute approximate surface area is 206 Å². The summed E-state index contributed by atoms with van der Waals surface area (Å²) >= 11 is 5.94. The number of amides is 1. The van der Waals surface area contributed by atoms with Crippen molar-refractivity contribution in [3.63, 3.8) is 0 Å². The average molecular weight is 493 g/mol. The second-order valence-electron chi connectivity index (χ2n) is 7.77. The largest absolute Gasteiger partial charge is 0.471 e. The first kappa shape index (κ1) is 23.8. The molecule has 0 fully saturated rings. The molecular weight excluding hydrogens is 472 g/mol. The van der Waals surface area contributed by atoms with Crippen molar-refractivity contribution in [2.45, 2.75) is 20.6 Å². The zero-order chi connectivity index (χ0) is 24.9. The minimum Gasteiger partial charge on any atom is -0.471 e. The van der Waals surface area contributed by atoms with Crippen LogP contribution in [0.4, 0.5) is 11.4 Å². The number of hydrogen-bond donors (Lipinski definition) is 1. The number of nitrogens with zero attached hydrogens (tertiary/aromatic N) is 3. The number of benzene rings is 3. The van der Waals surface area contributed by atoms with E-state index in [0.717, 1.165) is 11.1 Å². The minimum absolute atomic E-state index is 0.0677. The first-order valence-electron chi connectivity index (χ1n) is 10.5. The molecule has 0 aliphatic heterocycles. The zero-order valence-corrected chi connectivity index (χ0v) is 19.7. The van der Waals surface area contributed by atoms with Gasteiger partial charge in [-0.1, -0.05) is 29.8 Å². The van der Waals surface area contributed by atoms with Crippen molar-refractivity contribution >= 4 is 28.9 Å². The van der Waals surface area contributed by atoms with E-state index in [1.807, 2.05) is 32.0 Å². The Morgan fingerprint density at radius 2 is 1.91 bits per heavy atom. The Morgan fingerprint density at radius 1 is 1.09 bits per heavy atom. The van der Waals surface area contributed by atoms with Crippen LogP contribution in [0, 0.1) is 24.0 Å².